The number of hydrogen-bond donors (Lipinski definition) is 2. The lowest BCUT2D eigenvalue weighted by Crippen LogP contribution is -2.13. The van der Waals surface area contributed by atoms with Gasteiger partial charge in [-0.15, -0.1) is 0 Å². The number of benzene rings is 3. The molecule has 0 aliphatic rings. The van der Waals surface area contributed by atoms with E-state index in [1.165, 1.54) is 0 Å². The van der Waals surface area contributed by atoms with Crippen LogP contribution in [0.3, 0.4) is 0 Å². The van der Waals surface area contributed by atoms with Crippen LogP contribution in [0.4, 0.5) is 14.5 Å². The Bertz CT molecular complexity index is 1240. The predicted octanol–water partition coefficient (Wildman–Crippen LogP) is 4.31. The van der Waals surface area contributed by atoms with Crippen molar-refractivity contribution in [2.45, 2.75) is 4.90 Å². The number of fused-ring (bicyclic) bond motifs is 1. The summed E-state index contributed by atoms with van der Waals surface area (Å²) in [5, 5.41) is 7.92. The Morgan fingerprint density at radius 3 is 2.41 bits per heavy atom. The molecule has 0 aliphatic carbocycles. The lowest BCUT2D eigenvalue weighted by Gasteiger charge is -2.09. The van der Waals surface area contributed by atoms with Crippen molar-refractivity contribution in [3.05, 3.63) is 78.4 Å². The molecule has 0 atom stereocenters. The molecule has 5 nitrogen and oxygen atoms in total. The van der Waals surface area contributed by atoms with E-state index in [1.807, 2.05) is 30.3 Å². The third-order valence-corrected chi connectivity index (χ3v) is 5.44. The molecule has 0 bridgehead atoms. The van der Waals surface area contributed by atoms with Crippen LogP contribution in [-0.4, -0.2) is 18.6 Å². The molecule has 4 aromatic rings. The summed E-state index contributed by atoms with van der Waals surface area (Å²) >= 11 is 0. The Labute approximate surface area is 153 Å². The average molecular weight is 385 g/mol. The second-order valence-corrected chi connectivity index (χ2v) is 7.56. The zero-order chi connectivity index (χ0) is 19.0. The summed E-state index contributed by atoms with van der Waals surface area (Å²) in [5.74, 6) is -2.34. The number of rotatable bonds is 4. The Morgan fingerprint density at radius 2 is 1.67 bits per heavy atom. The van der Waals surface area contributed by atoms with Crippen molar-refractivity contribution in [3.63, 3.8) is 0 Å². The summed E-state index contributed by atoms with van der Waals surface area (Å²) in [4.78, 5) is -0.364. The number of H-pyrrole nitrogens is 1. The van der Waals surface area contributed by atoms with Gasteiger partial charge in [0.15, 0.2) is 11.6 Å². The molecule has 0 fully saturated rings. The molecule has 0 aliphatic heterocycles. The van der Waals surface area contributed by atoms with E-state index in [4.69, 9.17) is 0 Å². The quantitative estimate of drug-likeness (QED) is 0.550. The highest BCUT2D eigenvalue weighted by Crippen LogP contribution is 2.29. The van der Waals surface area contributed by atoms with Crippen LogP contribution < -0.4 is 4.72 Å². The summed E-state index contributed by atoms with van der Waals surface area (Å²) in [6.07, 6.45) is 0. The summed E-state index contributed by atoms with van der Waals surface area (Å²) in [6.45, 7) is 0. The van der Waals surface area contributed by atoms with E-state index in [0.29, 0.717) is 11.8 Å². The highest BCUT2D eigenvalue weighted by molar-refractivity contribution is 7.92. The van der Waals surface area contributed by atoms with E-state index in [-0.39, 0.29) is 10.6 Å². The van der Waals surface area contributed by atoms with Crippen molar-refractivity contribution >= 4 is 26.6 Å². The first-order chi connectivity index (χ1) is 12.9. The predicted molar refractivity (Wildman–Crippen MR) is 98.7 cm³/mol. The van der Waals surface area contributed by atoms with Gasteiger partial charge in [0.1, 0.15) is 0 Å². The Morgan fingerprint density at radius 1 is 0.889 bits per heavy atom. The third kappa shape index (κ3) is 3.26. The number of hydrogen-bond acceptors (Lipinski definition) is 3. The molecule has 1 heterocycles. The van der Waals surface area contributed by atoms with E-state index in [1.54, 1.807) is 18.2 Å². The Balaban J connectivity index is 1.73. The van der Waals surface area contributed by atoms with E-state index in [0.717, 1.165) is 28.6 Å². The van der Waals surface area contributed by atoms with Gasteiger partial charge in [-0.2, -0.15) is 5.10 Å². The first-order valence-corrected chi connectivity index (χ1v) is 9.44. The zero-order valence-electron chi connectivity index (χ0n) is 13.8. The van der Waals surface area contributed by atoms with Crippen molar-refractivity contribution in [2.75, 3.05) is 4.72 Å². The monoisotopic (exact) mass is 385 g/mol. The minimum atomic E-state index is -4.07. The molecule has 1 aromatic heterocycles. The second-order valence-electron chi connectivity index (χ2n) is 5.88. The lowest BCUT2D eigenvalue weighted by atomic mass is 10.1. The number of aromatic nitrogens is 2. The summed E-state index contributed by atoms with van der Waals surface area (Å²) < 4.78 is 53.8. The molecule has 27 heavy (non-hydrogen) atoms. The highest BCUT2D eigenvalue weighted by Gasteiger charge is 2.17. The van der Waals surface area contributed by atoms with Crippen molar-refractivity contribution in [2.24, 2.45) is 0 Å². The largest absolute Gasteiger partial charge is 0.280 e. The molecule has 0 saturated carbocycles. The van der Waals surface area contributed by atoms with Gasteiger partial charge in [0.05, 0.1) is 16.1 Å². The zero-order valence-corrected chi connectivity index (χ0v) is 14.6. The number of nitrogens with zero attached hydrogens (tertiary/aromatic N) is 1. The minimum absolute atomic E-state index is 0.283. The SMILES string of the molecule is O=S(=O)(Nc1ccc2[nH]nc(-c3ccccc3)c2c1)c1ccc(F)c(F)c1. The smallest absolute Gasteiger partial charge is 0.261 e. The van der Waals surface area contributed by atoms with Crippen LogP contribution in [0.2, 0.25) is 0 Å². The van der Waals surface area contributed by atoms with Crippen LogP contribution in [0.25, 0.3) is 22.2 Å². The molecule has 0 amide bonds. The van der Waals surface area contributed by atoms with Crippen LogP contribution in [0.15, 0.2) is 71.6 Å². The fraction of sp³-hybridized carbons (Fsp3) is 0. The third-order valence-electron chi connectivity index (χ3n) is 4.06. The van der Waals surface area contributed by atoms with Crippen LogP contribution in [0.1, 0.15) is 0 Å². The van der Waals surface area contributed by atoms with Crippen LogP contribution in [0, 0.1) is 11.6 Å². The molecule has 136 valence electrons. The molecule has 0 unspecified atom stereocenters. The summed E-state index contributed by atoms with van der Waals surface area (Å²) in [7, 11) is -4.07. The van der Waals surface area contributed by atoms with Crippen molar-refractivity contribution in [3.8, 4) is 11.3 Å². The van der Waals surface area contributed by atoms with Crippen LogP contribution in [0.5, 0.6) is 0 Å². The van der Waals surface area contributed by atoms with Crippen LogP contribution in [-0.2, 0) is 10.0 Å². The molecular formula is C19H13F2N3O2S. The number of halogens is 2. The van der Waals surface area contributed by atoms with Gasteiger partial charge in [-0.25, -0.2) is 17.2 Å². The second kappa shape index (κ2) is 6.48. The van der Waals surface area contributed by atoms with E-state index < -0.39 is 21.7 Å². The van der Waals surface area contributed by atoms with Crippen molar-refractivity contribution in [1.82, 2.24) is 10.2 Å². The van der Waals surface area contributed by atoms with E-state index >= 15 is 0 Å². The normalized spacial score (nSPS) is 11.6. The first-order valence-electron chi connectivity index (χ1n) is 7.95. The molecule has 3 aromatic carbocycles. The number of nitrogens with one attached hydrogen (secondary N) is 2. The maximum Gasteiger partial charge on any atom is 0.261 e. The minimum Gasteiger partial charge on any atom is -0.280 e. The van der Waals surface area contributed by atoms with Gasteiger partial charge in [-0.3, -0.25) is 9.82 Å². The van der Waals surface area contributed by atoms with Gasteiger partial charge < -0.3 is 0 Å². The van der Waals surface area contributed by atoms with E-state index in [9.17, 15) is 17.2 Å². The number of anilines is 1. The molecule has 0 spiro atoms. The molecule has 0 saturated heterocycles. The van der Waals surface area contributed by atoms with Crippen molar-refractivity contribution < 1.29 is 17.2 Å². The van der Waals surface area contributed by atoms with Gasteiger partial charge >= 0.3 is 0 Å². The topological polar surface area (TPSA) is 74.8 Å². The van der Waals surface area contributed by atoms with Gasteiger partial charge in [-0.1, -0.05) is 30.3 Å². The molecule has 8 heteroatoms. The highest BCUT2D eigenvalue weighted by atomic mass is 32.2. The van der Waals surface area contributed by atoms with Gasteiger partial charge in [0.2, 0.25) is 0 Å². The first kappa shape index (κ1) is 17.2. The summed E-state index contributed by atoms with van der Waals surface area (Å²) in [5.41, 5.74) is 2.58. The van der Waals surface area contributed by atoms with Gasteiger partial charge in [-0.05, 0) is 36.4 Å². The van der Waals surface area contributed by atoms with E-state index in [2.05, 4.69) is 14.9 Å². The standard InChI is InChI=1S/C19H13F2N3O2S/c20-16-8-7-14(11-17(16)21)27(25,26)24-13-6-9-18-15(10-13)19(23-22-18)12-4-2-1-3-5-12/h1-11,24H,(H,22,23). The number of aromatic amines is 1. The maximum atomic E-state index is 13.4. The molecule has 4 rings (SSSR count). The summed E-state index contributed by atoms with van der Waals surface area (Å²) in [6, 6.07) is 16.8. The van der Waals surface area contributed by atoms with Crippen molar-refractivity contribution in [1.29, 1.82) is 0 Å². The lowest BCUT2D eigenvalue weighted by molar-refractivity contribution is 0.504. The van der Waals surface area contributed by atoms with Crippen LogP contribution >= 0.6 is 0 Å². The average Bonchev–Trinajstić information content (AvgIpc) is 3.07. The van der Waals surface area contributed by atoms with Gasteiger partial charge in [0, 0.05) is 16.6 Å². The van der Waals surface area contributed by atoms with Gasteiger partial charge in [0.25, 0.3) is 10.0 Å². The fourth-order valence-electron chi connectivity index (χ4n) is 2.75. The Kier molecular flexibility index (Phi) is 4.12. The number of sulfonamides is 1. The Hall–Kier alpha value is -3.26. The fourth-order valence-corrected chi connectivity index (χ4v) is 3.81. The molecule has 0 radical (unpaired) electrons. The molecular weight excluding hydrogens is 372 g/mol. The molecule has 2 N–H and O–H groups in total. The maximum absolute atomic E-state index is 13.4.